The van der Waals surface area contributed by atoms with Gasteiger partial charge in [-0.2, -0.15) is 11.3 Å². The number of carbonyl (C=O) groups excluding carboxylic acids is 1. The Balaban J connectivity index is 1.31. The van der Waals surface area contributed by atoms with Crippen molar-refractivity contribution in [1.82, 2.24) is 9.88 Å². The fraction of sp³-hybridized carbons (Fsp3) is 0.368. The van der Waals surface area contributed by atoms with Crippen LogP contribution in [0.15, 0.2) is 39.4 Å². The molecule has 4 rings (SSSR count). The van der Waals surface area contributed by atoms with Crippen LogP contribution in [0.5, 0.6) is 0 Å². The molecule has 6 nitrogen and oxygen atoms in total. The maximum absolute atomic E-state index is 12.3. The number of hydrogen-bond donors (Lipinski definition) is 1. The number of carbonyl (C=O) groups is 1. The Morgan fingerprint density at radius 3 is 2.83 bits per heavy atom. The molecule has 1 fully saturated rings. The van der Waals surface area contributed by atoms with Gasteiger partial charge in [0.2, 0.25) is 5.91 Å². The number of thiazole rings is 1. The van der Waals surface area contributed by atoms with E-state index in [2.05, 4.69) is 27.1 Å². The molecule has 2 aromatic heterocycles. The molecule has 154 valence electrons. The van der Waals surface area contributed by atoms with Crippen molar-refractivity contribution in [2.75, 3.05) is 42.2 Å². The van der Waals surface area contributed by atoms with E-state index in [1.54, 1.807) is 34.4 Å². The van der Waals surface area contributed by atoms with E-state index in [4.69, 9.17) is 0 Å². The molecule has 3 aromatic rings. The highest BCUT2D eigenvalue weighted by atomic mass is 32.2. The molecular formula is C19H21N3O3S4. The Morgan fingerprint density at radius 2 is 2.07 bits per heavy atom. The SMILES string of the molecule is O=C(CN1CCS(=O)(=O)CC1)Nc1ccc2nc(SCCc3ccsc3)sc2c1. The second-order valence-electron chi connectivity index (χ2n) is 6.87. The number of aromatic nitrogens is 1. The largest absolute Gasteiger partial charge is 0.325 e. The van der Waals surface area contributed by atoms with E-state index >= 15 is 0 Å². The lowest BCUT2D eigenvalue weighted by molar-refractivity contribution is -0.117. The fourth-order valence-electron chi connectivity index (χ4n) is 3.05. The number of amides is 1. The molecule has 0 aliphatic carbocycles. The Kier molecular flexibility index (Phi) is 6.55. The van der Waals surface area contributed by atoms with Crippen molar-refractivity contribution in [1.29, 1.82) is 0 Å². The van der Waals surface area contributed by atoms with Crippen LogP contribution < -0.4 is 5.32 Å². The number of thiophene rings is 1. The molecule has 0 spiro atoms. The zero-order valence-electron chi connectivity index (χ0n) is 15.7. The Labute approximate surface area is 182 Å². The van der Waals surface area contributed by atoms with Gasteiger partial charge >= 0.3 is 0 Å². The second kappa shape index (κ2) is 9.13. The van der Waals surface area contributed by atoms with E-state index in [1.807, 2.05) is 23.1 Å². The minimum Gasteiger partial charge on any atom is -0.325 e. The number of anilines is 1. The summed E-state index contributed by atoms with van der Waals surface area (Å²) in [7, 11) is -2.93. The number of thioether (sulfide) groups is 1. The molecule has 1 amide bonds. The van der Waals surface area contributed by atoms with Gasteiger partial charge in [-0.05, 0) is 47.0 Å². The lowest BCUT2D eigenvalue weighted by atomic mass is 10.3. The van der Waals surface area contributed by atoms with Crippen LogP contribution in [0.2, 0.25) is 0 Å². The van der Waals surface area contributed by atoms with Gasteiger partial charge in [0.05, 0.1) is 28.3 Å². The molecule has 1 aliphatic rings. The van der Waals surface area contributed by atoms with Crippen LogP contribution >= 0.6 is 34.4 Å². The fourth-order valence-corrected chi connectivity index (χ4v) is 7.19. The molecule has 3 heterocycles. The summed E-state index contributed by atoms with van der Waals surface area (Å²) in [5.74, 6) is 1.12. The summed E-state index contributed by atoms with van der Waals surface area (Å²) in [5, 5.41) is 7.19. The lowest BCUT2D eigenvalue weighted by Crippen LogP contribution is -2.43. The van der Waals surface area contributed by atoms with Crippen molar-refractivity contribution in [3.05, 3.63) is 40.6 Å². The number of nitrogens with one attached hydrogen (secondary N) is 1. The number of sulfone groups is 1. The molecule has 0 bridgehead atoms. The summed E-state index contributed by atoms with van der Waals surface area (Å²) in [6, 6.07) is 7.90. The maximum atomic E-state index is 12.3. The Bertz CT molecular complexity index is 1080. The van der Waals surface area contributed by atoms with Crippen LogP contribution in [0.4, 0.5) is 5.69 Å². The van der Waals surface area contributed by atoms with Gasteiger partial charge in [-0.1, -0.05) is 11.8 Å². The normalized spacial score (nSPS) is 16.8. The van der Waals surface area contributed by atoms with Gasteiger partial charge in [0.1, 0.15) is 0 Å². The van der Waals surface area contributed by atoms with Gasteiger partial charge in [-0.15, -0.1) is 11.3 Å². The van der Waals surface area contributed by atoms with Crippen LogP contribution in [0.3, 0.4) is 0 Å². The van der Waals surface area contributed by atoms with Gasteiger partial charge in [0, 0.05) is 24.5 Å². The maximum Gasteiger partial charge on any atom is 0.238 e. The second-order valence-corrected chi connectivity index (χ2v) is 12.3. The molecule has 1 aromatic carbocycles. The molecule has 0 unspecified atom stereocenters. The van der Waals surface area contributed by atoms with Gasteiger partial charge in [0.15, 0.2) is 14.2 Å². The number of fused-ring (bicyclic) bond motifs is 1. The summed E-state index contributed by atoms with van der Waals surface area (Å²) >= 11 is 5.11. The third kappa shape index (κ3) is 5.79. The van der Waals surface area contributed by atoms with Gasteiger partial charge < -0.3 is 5.32 Å². The molecule has 1 aliphatic heterocycles. The standard InChI is InChI=1S/C19H21N3O3S4/c23-18(12-22-5-9-29(24,25)10-6-22)20-15-1-2-16-17(11-15)28-19(21-16)27-8-4-14-3-7-26-13-14/h1-3,7,11,13H,4-6,8-10,12H2,(H,20,23). The van der Waals surface area contributed by atoms with Crippen LogP contribution in [-0.2, 0) is 21.1 Å². The summed E-state index contributed by atoms with van der Waals surface area (Å²) in [6.07, 6.45) is 1.03. The lowest BCUT2D eigenvalue weighted by Gasteiger charge is -2.25. The predicted octanol–water partition coefficient (Wildman–Crippen LogP) is 3.36. The van der Waals surface area contributed by atoms with Crippen molar-refractivity contribution in [2.24, 2.45) is 0 Å². The first-order chi connectivity index (χ1) is 14.0. The third-order valence-corrected chi connectivity index (χ3v) is 9.16. The summed E-state index contributed by atoms with van der Waals surface area (Å²) < 4.78 is 25.1. The monoisotopic (exact) mass is 467 g/mol. The highest BCUT2D eigenvalue weighted by Crippen LogP contribution is 2.31. The predicted molar refractivity (Wildman–Crippen MR) is 122 cm³/mol. The highest BCUT2D eigenvalue weighted by molar-refractivity contribution is 8.01. The van der Waals surface area contributed by atoms with Crippen LogP contribution in [0.25, 0.3) is 10.2 Å². The van der Waals surface area contributed by atoms with Gasteiger partial charge in [0.25, 0.3) is 0 Å². The molecule has 1 saturated heterocycles. The van der Waals surface area contributed by atoms with E-state index in [-0.39, 0.29) is 24.0 Å². The first kappa shape index (κ1) is 20.8. The van der Waals surface area contributed by atoms with Gasteiger partial charge in [-0.25, -0.2) is 13.4 Å². The van der Waals surface area contributed by atoms with Crippen LogP contribution in [-0.4, -0.2) is 61.1 Å². The zero-order chi connectivity index (χ0) is 20.3. The smallest absolute Gasteiger partial charge is 0.238 e. The van der Waals surface area contributed by atoms with Crippen molar-refractivity contribution < 1.29 is 13.2 Å². The highest BCUT2D eigenvalue weighted by Gasteiger charge is 2.23. The number of rotatable bonds is 7. The van der Waals surface area contributed by atoms with Crippen LogP contribution in [0.1, 0.15) is 5.56 Å². The van der Waals surface area contributed by atoms with Crippen molar-refractivity contribution in [3.63, 3.8) is 0 Å². The van der Waals surface area contributed by atoms with Crippen LogP contribution in [0, 0.1) is 0 Å². The molecule has 0 radical (unpaired) electrons. The third-order valence-electron chi connectivity index (χ3n) is 4.65. The van der Waals surface area contributed by atoms with E-state index in [0.717, 1.165) is 32.4 Å². The summed E-state index contributed by atoms with van der Waals surface area (Å²) in [5.41, 5.74) is 3.04. The van der Waals surface area contributed by atoms with E-state index in [9.17, 15) is 13.2 Å². The zero-order valence-corrected chi connectivity index (χ0v) is 18.9. The summed E-state index contributed by atoms with van der Waals surface area (Å²) in [4.78, 5) is 18.9. The number of nitrogens with zero attached hydrogens (tertiary/aromatic N) is 2. The minimum atomic E-state index is -2.93. The molecule has 1 N–H and O–H groups in total. The first-order valence-corrected chi connectivity index (χ1v) is 13.8. The minimum absolute atomic E-state index is 0.125. The van der Waals surface area contributed by atoms with Crippen molar-refractivity contribution in [2.45, 2.75) is 10.8 Å². The average Bonchev–Trinajstić information content (AvgIpc) is 3.32. The average molecular weight is 468 g/mol. The number of aryl methyl sites for hydroxylation is 1. The quantitative estimate of drug-likeness (QED) is 0.537. The Morgan fingerprint density at radius 1 is 1.24 bits per heavy atom. The van der Waals surface area contributed by atoms with E-state index < -0.39 is 9.84 Å². The molecule has 0 saturated carbocycles. The summed E-state index contributed by atoms with van der Waals surface area (Å²) in [6.45, 7) is 1.03. The van der Waals surface area contributed by atoms with Crippen molar-refractivity contribution >= 4 is 66.1 Å². The van der Waals surface area contributed by atoms with E-state index in [1.165, 1.54) is 5.56 Å². The molecule has 0 atom stereocenters. The Hall–Kier alpha value is -1.46. The number of hydrogen-bond acceptors (Lipinski definition) is 8. The topological polar surface area (TPSA) is 79.4 Å². The van der Waals surface area contributed by atoms with Gasteiger partial charge in [-0.3, -0.25) is 9.69 Å². The first-order valence-electron chi connectivity index (χ1n) is 9.24. The van der Waals surface area contributed by atoms with E-state index in [0.29, 0.717) is 13.1 Å². The van der Waals surface area contributed by atoms with Crippen molar-refractivity contribution in [3.8, 4) is 0 Å². The molecular weight excluding hydrogens is 446 g/mol. The molecule has 29 heavy (non-hydrogen) atoms. The molecule has 10 heteroatoms. The number of benzene rings is 1.